The number of carbonyl (C=O) groups is 2. The normalized spacial score (nSPS) is 10.9. The summed E-state index contributed by atoms with van der Waals surface area (Å²) >= 11 is 0. The smallest absolute Gasteiger partial charge is 0.343 e. The van der Waals surface area contributed by atoms with Gasteiger partial charge in [-0.3, -0.25) is 4.79 Å². The van der Waals surface area contributed by atoms with Gasteiger partial charge in [-0.05, 0) is 72.0 Å². The van der Waals surface area contributed by atoms with Crippen LogP contribution in [0.1, 0.15) is 46.8 Å². The standard InChI is InChI=1S/C27H28N2O5/c1-18(2)22-9-8-19(3)25(15-22)33-17-26(30)29-28-16-20-6-5-7-24(14-20)34-27(31)21-10-12-23(32-4)13-11-21/h5-16,18H,17H2,1-4H3,(H,29,30). The summed E-state index contributed by atoms with van der Waals surface area (Å²) in [6, 6.07) is 19.4. The Morgan fingerprint density at radius 2 is 1.76 bits per heavy atom. The fourth-order valence-corrected chi connectivity index (χ4v) is 3.04. The van der Waals surface area contributed by atoms with E-state index in [0.717, 1.165) is 11.1 Å². The highest BCUT2D eigenvalue weighted by Gasteiger charge is 2.10. The topological polar surface area (TPSA) is 86.2 Å². The molecule has 0 aliphatic heterocycles. The number of hydrogen-bond donors (Lipinski definition) is 1. The van der Waals surface area contributed by atoms with E-state index in [1.54, 1.807) is 55.6 Å². The predicted molar refractivity (Wildman–Crippen MR) is 131 cm³/mol. The summed E-state index contributed by atoms with van der Waals surface area (Å²) in [5, 5.41) is 3.96. The molecule has 3 rings (SSSR count). The Labute approximate surface area is 199 Å². The van der Waals surface area contributed by atoms with Crippen molar-refractivity contribution in [2.75, 3.05) is 13.7 Å². The van der Waals surface area contributed by atoms with Crippen molar-refractivity contribution in [2.45, 2.75) is 26.7 Å². The molecule has 0 saturated heterocycles. The number of amides is 1. The molecule has 1 amide bonds. The van der Waals surface area contributed by atoms with Crippen LogP contribution in [0.5, 0.6) is 17.2 Å². The summed E-state index contributed by atoms with van der Waals surface area (Å²) < 4.78 is 16.2. The summed E-state index contributed by atoms with van der Waals surface area (Å²) in [6.45, 7) is 5.99. The van der Waals surface area contributed by atoms with Gasteiger partial charge >= 0.3 is 5.97 Å². The molecule has 1 N–H and O–H groups in total. The Morgan fingerprint density at radius 3 is 2.47 bits per heavy atom. The summed E-state index contributed by atoms with van der Waals surface area (Å²) in [4.78, 5) is 24.5. The number of rotatable bonds is 9. The minimum Gasteiger partial charge on any atom is -0.497 e. The third kappa shape index (κ3) is 6.93. The average molecular weight is 461 g/mol. The number of methoxy groups -OCH3 is 1. The van der Waals surface area contributed by atoms with E-state index in [4.69, 9.17) is 14.2 Å². The molecular formula is C27H28N2O5. The lowest BCUT2D eigenvalue weighted by atomic mass is 10.0. The monoisotopic (exact) mass is 460 g/mol. The highest BCUT2D eigenvalue weighted by atomic mass is 16.5. The molecule has 0 aromatic heterocycles. The lowest BCUT2D eigenvalue weighted by molar-refractivity contribution is -0.123. The first kappa shape index (κ1) is 24.5. The van der Waals surface area contributed by atoms with Gasteiger partial charge in [0.1, 0.15) is 17.2 Å². The summed E-state index contributed by atoms with van der Waals surface area (Å²) in [5.41, 5.74) is 5.60. The van der Waals surface area contributed by atoms with E-state index in [0.29, 0.717) is 34.3 Å². The molecule has 0 aliphatic rings. The predicted octanol–water partition coefficient (Wildman–Crippen LogP) is 4.88. The Balaban J connectivity index is 1.53. The van der Waals surface area contributed by atoms with Gasteiger partial charge in [-0.15, -0.1) is 0 Å². The van der Waals surface area contributed by atoms with Crippen molar-refractivity contribution in [3.63, 3.8) is 0 Å². The summed E-state index contributed by atoms with van der Waals surface area (Å²) in [7, 11) is 1.56. The van der Waals surface area contributed by atoms with Gasteiger partial charge in [0.15, 0.2) is 6.61 Å². The van der Waals surface area contributed by atoms with Gasteiger partial charge in [0.25, 0.3) is 5.91 Å². The molecule has 0 bridgehead atoms. The quantitative estimate of drug-likeness (QED) is 0.213. The third-order valence-corrected chi connectivity index (χ3v) is 5.03. The molecule has 3 aromatic carbocycles. The van der Waals surface area contributed by atoms with Crippen molar-refractivity contribution in [3.8, 4) is 17.2 Å². The van der Waals surface area contributed by atoms with Gasteiger partial charge in [0, 0.05) is 0 Å². The molecule has 7 nitrogen and oxygen atoms in total. The molecule has 34 heavy (non-hydrogen) atoms. The zero-order valence-electron chi connectivity index (χ0n) is 19.7. The van der Waals surface area contributed by atoms with E-state index in [-0.39, 0.29) is 12.5 Å². The number of aryl methyl sites for hydroxylation is 1. The summed E-state index contributed by atoms with van der Waals surface area (Å²) in [6.07, 6.45) is 1.47. The Kier molecular flexibility index (Phi) is 8.40. The van der Waals surface area contributed by atoms with Crippen molar-refractivity contribution in [3.05, 3.63) is 89.0 Å². The largest absolute Gasteiger partial charge is 0.497 e. The van der Waals surface area contributed by atoms with Crippen molar-refractivity contribution >= 4 is 18.1 Å². The average Bonchev–Trinajstić information content (AvgIpc) is 2.83. The first-order valence-corrected chi connectivity index (χ1v) is 10.9. The highest BCUT2D eigenvalue weighted by molar-refractivity contribution is 5.91. The summed E-state index contributed by atoms with van der Waals surface area (Å²) in [5.74, 6) is 1.19. The first-order valence-electron chi connectivity index (χ1n) is 10.9. The molecule has 3 aromatic rings. The second-order valence-electron chi connectivity index (χ2n) is 7.95. The van der Waals surface area contributed by atoms with Crippen LogP contribution in [0.4, 0.5) is 0 Å². The lowest BCUT2D eigenvalue weighted by Crippen LogP contribution is -2.24. The number of nitrogens with one attached hydrogen (secondary N) is 1. The molecule has 0 heterocycles. The van der Waals surface area contributed by atoms with Crippen LogP contribution in [0.15, 0.2) is 71.8 Å². The maximum absolute atomic E-state index is 12.3. The van der Waals surface area contributed by atoms with E-state index in [2.05, 4.69) is 30.4 Å². The van der Waals surface area contributed by atoms with Gasteiger partial charge in [0.05, 0.1) is 18.9 Å². The van der Waals surface area contributed by atoms with Crippen LogP contribution >= 0.6 is 0 Å². The van der Waals surface area contributed by atoms with Gasteiger partial charge in [-0.1, -0.05) is 38.1 Å². The number of ether oxygens (including phenoxy) is 3. The van der Waals surface area contributed by atoms with E-state index in [9.17, 15) is 9.59 Å². The number of hydrazone groups is 1. The number of nitrogens with zero attached hydrogens (tertiary/aromatic N) is 1. The SMILES string of the molecule is COc1ccc(C(=O)Oc2cccc(C=NNC(=O)COc3cc(C(C)C)ccc3C)c2)cc1. The lowest BCUT2D eigenvalue weighted by Gasteiger charge is -2.12. The van der Waals surface area contributed by atoms with Crippen LogP contribution in [-0.2, 0) is 4.79 Å². The fraction of sp³-hybridized carbons (Fsp3) is 0.222. The maximum Gasteiger partial charge on any atom is 0.343 e. The Morgan fingerprint density at radius 1 is 1.00 bits per heavy atom. The van der Waals surface area contributed by atoms with Crippen LogP contribution in [-0.4, -0.2) is 31.8 Å². The Hall–Kier alpha value is -4.13. The van der Waals surface area contributed by atoms with Crippen molar-refractivity contribution < 1.29 is 23.8 Å². The van der Waals surface area contributed by atoms with Crippen LogP contribution in [0.25, 0.3) is 0 Å². The second-order valence-corrected chi connectivity index (χ2v) is 7.95. The molecule has 0 atom stereocenters. The molecular weight excluding hydrogens is 432 g/mol. The van der Waals surface area contributed by atoms with E-state index in [1.165, 1.54) is 6.21 Å². The second kappa shape index (κ2) is 11.7. The maximum atomic E-state index is 12.3. The van der Waals surface area contributed by atoms with Crippen molar-refractivity contribution in [2.24, 2.45) is 5.10 Å². The van der Waals surface area contributed by atoms with Gasteiger partial charge in [-0.25, -0.2) is 10.2 Å². The zero-order valence-corrected chi connectivity index (χ0v) is 19.7. The third-order valence-electron chi connectivity index (χ3n) is 5.03. The molecule has 0 fully saturated rings. The first-order chi connectivity index (χ1) is 16.4. The molecule has 176 valence electrons. The molecule has 0 aliphatic carbocycles. The minimum atomic E-state index is -0.487. The molecule has 0 unspecified atom stereocenters. The van der Waals surface area contributed by atoms with Gasteiger partial charge in [-0.2, -0.15) is 5.10 Å². The van der Waals surface area contributed by atoms with E-state index in [1.807, 2.05) is 19.1 Å². The zero-order chi connectivity index (χ0) is 24.5. The van der Waals surface area contributed by atoms with Crippen molar-refractivity contribution in [1.29, 1.82) is 0 Å². The highest BCUT2D eigenvalue weighted by Crippen LogP contribution is 2.24. The van der Waals surface area contributed by atoms with Crippen molar-refractivity contribution in [1.82, 2.24) is 5.43 Å². The van der Waals surface area contributed by atoms with E-state index >= 15 is 0 Å². The molecule has 0 radical (unpaired) electrons. The number of esters is 1. The van der Waals surface area contributed by atoms with E-state index < -0.39 is 5.97 Å². The minimum absolute atomic E-state index is 0.154. The number of hydrogen-bond acceptors (Lipinski definition) is 6. The van der Waals surface area contributed by atoms with Crippen LogP contribution in [0.2, 0.25) is 0 Å². The molecule has 0 spiro atoms. The molecule has 7 heteroatoms. The Bertz CT molecular complexity index is 1170. The van der Waals surface area contributed by atoms with Crippen LogP contribution in [0.3, 0.4) is 0 Å². The van der Waals surface area contributed by atoms with Crippen LogP contribution < -0.4 is 19.6 Å². The number of benzene rings is 3. The van der Waals surface area contributed by atoms with Gasteiger partial charge in [0.2, 0.25) is 0 Å². The van der Waals surface area contributed by atoms with Gasteiger partial charge < -0.3 is 14.2 Å². The number of carbonyl (C=O) groups excluding carboxylic acids is 2. The molecule has 0 saturated carbocycles. The van der Waals surface area contributed by atoms with Crippen LogP contribution in [0, 0.1) is 6.92 Å². The fourth-order valence-electron chi connectivity index (χ4n) is 3.04.